The largest absolute Gasteiger partial charge is 0.452 e. The van der Waals surface area contributed by atoms with E-state index in [9.17, 15) is 14.4 Å². The average molecular weight is 401 g/mol. The predicted octanol–water partition coefficient (Wildman–Crippen LogP) is 3.63. The molecule has 0 saturated heterocycles. The van der Waals surface area contributed by atoms with E-state index in [4.69, 9.17) is 27.9 Å². The molecule has 1 atom stereocenters. The van der Waals surface area contributed by atoms with Crippen molar-refractivity contribution in [2.45, 2.75) is 57.6 Å². The van der Waals surface area contributed by atoms with E-state index >= 15 is 0 Å². The SMILES string of the molecule is C[C@H](OC(=O)Cc1ccc(Cl)cc1Cl)C(=O)NC(=O)NC1CCCCC1. The third-order valence-corrected chi connectivity index (χ3v) is 4.79. The quantitative estimate of drug-likeness (QED) is 0.738. The van der Waals surface area contributed by atoms with Crippen LogP contribution in [0.4, 0.5) is 4.79 Å². The summed E-state index contributed by atoms with van der Waals surface area (Å²) in [6.07, 6.45) is 3.94. The fourth-order valence-corrected chi connectivity index (χ4v) is 3.27. The van der Waals surface area contributed by atoms with E-state index in [1.165, 1.54) is 19.4 Å². The van der Waals surface area contributed by atoms with E-state index in [0.29, 0.717) is 15.6 Å². The van der Waals surface area contributed by atoms with Crippen LogP contribution in [0, 0.1) is 0 Å². The van der Waals surface area contributed by atoms with Crippen LogP contribution in [0.1, 0.15) is 44.6 Å². The maximum atomic E-state index is 12.0. The lowest BCUT2D eigenvalue weighted by Gasteiger charge is -2.23. The van der Waals surface area contributed by atoms with Gasteiger partial charge in [0.1, 0.15) is 0 Å². The summed E-state index contributed by atoms with van der Waals surface area (Å²) in [5, 5.41) is 5.78. The van der Waals surface area contributed by atoms with Crippen molar-refractivity contribution in [2.24, 2.45) is 0 Å². The molecule has 0 radical (unpaired) electrons. The van der Waals surface area contributed by atoms with Crippen LogP contribution in [-0.4, -0.2) is 30.1 Å². The van der Waals surface area contributed by atoms with Gasteiger partial charge < -0.3 is 10.1 Å². The normalized spacial score (nSPS) is 15.8. The summed E-state index contributed by atoms with van der Waals surface area (Å²) in [6, 6.07) is 4.28. The van der Waals surface area contributed by atoms with Crippen molar-refractivity contribution in [3.8, 4) is 0 Å². The van der Waals surface area contributed by atoms with Gasteiger partial charge in [-0.1, -0.05) is 48.5 Å². The first kappa shape index (κ1) is 20.5. The number of amides is 3. The van der Waals surface area contributed by atoms with Crippen LogP contribution >= 0.6 is 23.2 Å². The van der Waals surface area contributed by atoms with Gasteiger partial charge in [0.2, 0.25) is 0 Å². The summed E-state index contributed by atoms with van der Waals surface area (Å²) in [6.45, 7) is 1.41. The zero-order valence-corrected chi connectivity index (χ0v) is 16.0. The Bertz CT molecular complexity index is 675. The summed E-state index contributed by atoms with van der Waals surface area (Å²) in [5.74, 6) is -1.29. The molecule has 0 heterocycles. The van der Waals surface area contributed by atoms with Gasteiger partial charge in [0.05, 0.1) is 6.42 Å². The number of hydrogen-bond donors (Lipinski definition) is 2. The maximum Gasteiger partial charge on any atom is 0.321 e. The molecule has 142 valence electrons. The lowest BCUT2D eigenvalue weighted by Crippen LogP contribution is -2.48. The molecular formula is C18H22Cl2N2O4. The molecule has 1 saturated carbocycles. The molecule has 3 amide bonds. The average Bonchev–Trinajstić information content (AvgIpc) is 2.58. The summed E-state index contributed by atoms with van der Waals surface area (Å²) in [7, 11) is 0. The first-order chi connectivity index (χ1) is 12.3. The number of esters is 1. The molecule has 6 nitrogen and oxygen atoms in total. The van der Waals surface area contributed by atoms with Gasteiger partial charge in [-0.05, 0) is 37.5 Å². The third-order valence-electron chi connectivity index (χ3n) is 4.20. The number of benzene rings is 1. The van der Waals surface area contributed by atoms with Gasteiger partial charge >= 0.3 is 12.0 Å². The Morgan fingerprint density at radius 3 is 2.54 bits per heavy atom. The van der Waals surface area contributed by atoms with Gasteiger partial charge in [-0.25, -0.2) is 4.79 Å². The Morgan fingerprint density at radius 1 is 1.19 bits per heavy atom. The molecule has 26 heavy (non-hydrogen) atoms. The van der Waals surface area contributed by atoms with Crippen LogP contribution in [0.3, 0.4) is 0 Å². The second kappa shape index (κ2) is 9.78. The number of imide groups is 1. The third kappa shape index (κ3) is 6.50. The molecule has 1 aromatic rings. The van der Waals surface area contributed by atoms with Crippen molar-refractivity contribution >= 4 is 41.1 Å². The van der Waals surface area contributed by atoms with Gasteiger partial charge in [0.15, 0.2) is 6.10 Å². The lowest BCUT2D eigenvalue weighted by molar-refractivity contribution is -0.153. The molecule has 2 rings (SSSR count). The lowest BCUT2D eigenvalue weighted by atomic mass is 9.96. The molecular weight excluding hydrogens is 379 g/mol. The minimum absolute atomic E-state index is 0.0847. The molecule has 1 fully saturated rings. The molecule has 0 bridgehead atoms. The van der Waals surface area contributed by atoms with Crippen molar-refractivity contribution < 1.29 is 19.1 Å². The second-order valence-corrected chi connectivity index (χ2v) is 7.19. The van der Waals surface area contributed by atoms with Crippen LogP contribution in [0.2, 0.25) is 10.0 Å². The summed E-state index contributed by atoms with van der Waals surface area (Å²) in [5.41, 5.74) is 0.545. The molecule has 1 aromatic carbocycles. The number of rotatable bonds is 5. The highest BCUT2D eigenvalue weighted by Gasteiger charge is 2.22. The van der Waals surface area contributed by atoms with E-state index in [1.807, 2.05) is 0 Å². The highest BCUT2D eigenvalue weighted by molar-refractivity contribution is 6.35. The van der Waals surface area contributed by atoms with Crippen LogP contribution in [0.5, 0.6) is 0 Å². The molecule has 0 spiro atoms. The van der Waals surface area contributed by atoms with Crippen molar-refractivity contribution in [3.05, 3.63) is 33.8 Å². The van der Waals surface area contributed by atoms with E-state index in [2.05, 4.69) is 10.6 Å². The number of carbonyl (C=O) groups is 3. The monoisotopic (exact) mass is 400 g/mol. The Balaban J connectivity index is 1.78. The summed E-state index contributed by atoms with van der Waals surface area (Å²) in [4.78, 5) is 35.8. The van der Waals surface area contributed by atoms with Crippen LogP contribution < -0.4 is 10.6 Å². The Kier molecular flexibility index (Phi) is 7.72. The molecule has 1 aliphatic carbocycles. The van der Waals surface area contributed by atoms with Gasteiger partial charge in [-0.3, -0.25) is 14.9 Å². The maximum absolute atomic E-state index is 12.0. The topological polar surface area (TPSA) is 84.5 Å². The zero-order valence-electron chi connectivity index (χ0n) is 14.5. The smallest absolute Gasteiger partial charge is 0.321 e. The highest BCUT2D eigenvalue weighted by atomic mass is 35.5. The number of nitrogens with one attached hydrogen (secondary N) is 2. The minimum Gasteiger partial charge on any atom is -0.452 e. The van der Waals surface area contributed by atoms with Gasteiger partial charge in [0.25, 0.3) is 5.91 Å². The van der Waals surface area contributed by atoms with Crippen molar-refractivity contribution in [1.29, 1.82) is 0 Å². The van der Waals surface area contributed by atoms with Crippen molar-refractivity contribution in [3.63, 3.8) is 0 Å². The molecule has 0 aromatic heterocycles. The van der Waals surface area contributed by atoms with Crippen molar-refractivity contribution in [2.75, 3.05) is 0 Å². The van der Waals surface area contributed by atoms with Crippen LogP contribution in [-0.2, 0) is 20.7 Å². The number of hydrogen-bond acceptors (Lipinski definition) is 4. The standard InChI is InChI=1S/C18H22Cl2N2O4/c1-11(17(24)22-18(25)21-14-5-3-2-4-6-14)26-16(23)9-12-7-8-13(19)10-15(12)20/h7-8,10-11,14H,2-6,9H2,1H3,(H2,21,22,24,25)/t11-/m0/s1. The molecule has 2 N–H and O–H groups in total. The minimum atomic E-state index is -1.09. The van der Waals surface area contributed by atoms with Crippen LogP contribution in [0.25, 0.3) is 0 Å². The Hall–Kier alpha value is -1.79. The second-order valence-electron chi connectivity index (χ2n) is 6.34. The predicted molar refractivity (Wildman–Crippen MR) is 99.3 cm³/mol. The number of carbonyl (C=O) groups excluding carboxylic acids is 3. The zero-order chi connectivity index (χ0) is 19.1. The number of halogens is 2. The molecule has 1 aliphatic rings. The van der Waals surface area contributed by atoms with E-state index < -0.39 is 24.0 Å². The summed E-state index contributed by atoms with van der Waals surface area (Å²) >= 11 is 11.8. The van der Waals surface area contributed by atoms with Gasteiger partial charge in [-0.15, -0.1) is 0 Å². The highest BCUT2D eigenvalue weighted by Crippen LogP contribution is 2.21. The van der Waals surface area contributed by atoms with E-state index in [1.54, 1.807) is 12.1 Å². The fraction of sp³-hybridized carbons (Fsp3) is 0.500. The number of ether oxygens (including phenoxy) is 1. The first-order valence-electron chi connectivity index (χ1n) is 8.60. The Morgan fingerprint density at radius 2 is 1.88 bits per heavy atom. The Labute approximate surface area is 162 Å². The van der Waals surface area contributed by atoms with Gasteiger partial charge in [-0.2, -0.15) is 0 Å². The van der Waals surface area contributed by atoms with Crippen molar-refractivity contribution in [1.82, 2.24) is 10.6 Å². The summed E-state index contributed by atoms with van der Waals surface area (Å²) < 4.78 is 5.07. The van der Waals surface area contributed by atoms with E-state index in [-0.39, 0.29) is 12.5 Å². The molecule has 0 unspecified atom stereocenters. The molecule has 0 aliphatic heterocycles. The first-order valence-corrected chi connectivity index (χ1v) is 9.35. The van der Waals surface area contributed by atoms with E-state index in [0.717, 1.165) is 25.7 Å². The number of urea groups is 1. The van der Waals surface area contributed by atoms with Gasteiger partial charge in [0, 0.05) is 16.1 Å². The molecule has 8 heteroatoms. The fourth-order valence-electron chi connectivity index (χ4n) is 2.79. The van der Waals surface area contributed by atoms with Crippen LogP contribution in [0.15, 0.2) is 18.2 Å².